The van der Waals surface area contributed by atoms with Gasteiger partial charge in [-0.25, -0.2) is 17.8 Å². The molecule has 0 spiro atoms. The molecule has 5 rings (SSSR count). The second-order valence-electron chi connectivity index (χ2n) is 6.77. The van der Waals surface area contributed by atoms with Crippen molar-refractivity contribution < 1.29 is 17.9 Å². The lowest BCUT2D eigenvalue weighted by atomic mass is 10.1. The number of aromatic nitrogens is 3. The summed E-state index contributed by atoms with van der Waals surface area (Å²) in [5, 5.41) is 10.2. The summed E-state index contributed by atoms with van der Waals surface area (Å²) in [7, 11) is -3.58. The third-order valence-corrected chi connectivity index (χ3v) is 7.90. The van der Waals surface area contributed by atoms with Gasteiger partial charge in [0, 0.05) is 5.56 Å². The molecule has 10 heteroatoms. The first-order chi connectivity index (χ1) is 13.6. The van der Waals surface area contributed by atoms with Crippen LogP contribution in [-0.4, -0.2) is 54.9 Å². The second-order valence-corrected chi connectivity index (χ2v) is 9.66. The summed E-state index contributed by atoms with van der Waals surface area (Å²) >= 11 is 1.18. The van der Waals surface area contributed by atoms with Crippen molar-refractivity contribution >= 4 is 21.4 Å². The van der Waals surface area contributed by atoms with Crippen LogP contribution in [0.25, 0.3) is 11.3 Å². The molecule has 0 amide bonds. The number of hydrogen-bond acceptors (Lipinski definition) is 7. The molecule has 0 unspecified atom stereocenters. The molecule has 0 saturated carbocycles. The van der Waals surface area contributed by atoms with E-state index in [0.29, 0.717) is 6.61 Å². The minimum Gasteiger partial charge on any atom is -0.371 e. The molecule has 2 saturated heterocycles. The van der Waals surface area contributed by atoms with E-state index in [4.69, 9.17) is 9.47 Å². The molecule has 4 heterocycles. The normalized spacial score (nSPS) is 27.1. The van der Waals surface area contributed by atoms with Crippen LogP contribution in [0.3, 0.4) is 0 Å². The molecular formula is C18H18N4O4S2. The van der Waals surface area contributed by atoms with Crippen molar-refractivity contribution in [3.63, 3.8) is 0 Å². The number of nitrogens with zero attached hydrogens (tertiary/aromatic N) is 3. The average Bonchev–Trinajstić information content (AvgIpc) is 3.48. The number of nitrogens with one attached hydrogen (secondary N) is 1. The van der Waals surface area contributed by atoms with Crippen LogP contribution in [0, 0.1) is 0 Å². The minimum absolute atomic E-state index is 0.147. The Morgan fingerprint density at radius 1 is 1.07 bits per heavy atom. The molecule has 146 valence electrons. The number of benzene rings is 1. The zero-order valence-electron chi connectivity index (χ0n) is 14.7. The Morgan fingerprint density at radius 2 is 1.89 bits per heavy atom. The summed E-state index contributed by atoms with van der Waals surface area (Å²) < 4.78 is 41.6. The van der Waals surface area contributed by atoms with Crippen molar-refractivity contribution in [2.75, 3.05) is 13.2 Å². The zero-order chi connectivity index (χ0) is 19.1. The van der Waals surface area contributed by atoms with Crippen molar-refractivity contribution in [2.45, 2.75) is 28.5 Å². The fourth-order valence-electron chi connectivity index (χ4n) is 3.66. The lowest BCUT2D eigenvalue weighted by Gasteiger charge is -2.17. The summed E-state index contributed by atoms with van der Waals surface area (Å²) in [6, 6.07) is 12.5. The highest BCUT2D eigenvalue weighted by atomic mass is 32.2. The van der Waals surface area contributed by atoms with Gasteiger partial charge in [0.05, 0.1) is 25.5 Å². The van der Waals surface area contributed by atoms with Crippen LogP contribution in [0.2, 0.25) is 0 Å². The number of hydrogen-bond donors (Lipinski definition) is 1. The fourth-order valence-corrected chi connectivity index (χ4v) is 5.90. The highest BCUT2D eigenvalue weighted by Gasteiger charge is 2.50. The maximum Gasteiger partial charge on any atom is 0.250 e. The van der Waals surface area contributed by atoms with Crippen LogP contribution in [0.15, 0.2) is 58.3 Å². The summed E-state index contributed by atoms with van der Waals surface area (Å²) in [5.74, 6) is 0. The molecule has 4 atom stereocenters. The van der Waals surface area contributed by atoms with Crippen molar-refractivity contribution in [1.82, 2.24) is 19.7 Å². The van der Waals surface area contributed by atoms with Crippen LogP contribution < -0.4 is 4.72 Å². The topological polar surface area (TPSA) is 95.3 Å². The first kappa shape index (κ1) is 18.0. The van der Waals surface area contributed by atoms with E-state index < -0.39 is 16.1 Å². The Hall–Kier alpha value is -2.11. The smallest absolute Gasteiger partial charge is 0.250 e. The van der Waals surface area contributed by atoms with Gasteiger partial charge in [0.15, 0.2) is 0 Å². The van der Waals surface area contributed by atoms with E-state index >= 15 is 0 Å². The second kappa shape index (κ2) is 7.05. The zero-order valence-corrected chi connectivity index (χ0v) is 16.3. The van der Waals surface area contributed by atoms with Crippen molar-refractivity contribution in [2.24, 2.45) is 0 Å². The van der Waals surface area contributed by atoms with Gasteiger partial charge in [-0.05, 0) is 11.4 Å². The van der Waals surface area contributed by atoms with E-state index in [1.54, 1.807) is 22.2 Å². The summed E-state index contributed by atoms with van der Waals surface area (Å²) in [5.41, 5.74) is 1.76. The molecule has 2 fully saturated rings. The Labute approximate surface area is 166 Å². The molecule has 0 aliphatic carbocycles. The van der Waals surface area contributed by atoms with Crippen LogP contribution in [0.4, 0.5) is 0 Å². The van der Waals surface area contributed by atoms with E-state index in [2.05, 4.69) is 15.0 Å². The van der Waals surface area contributed by atoms with Crippen molar-refractivity contribution in [3.05, 3.63) is 54.0 Å². The Morgan fingerprint density at radius 3 is 2.68 bits per heavy atom. The van der Waals surface area contributed by atoms with Gasteiger partial charge in [-0.3, -0.25) is 0 Å². The van der Waals surface area contributed by atoms with Gasteiger partial charge < -0.3 is 9.47 Å². The molecule has 0 bridgehead atoms. The SMILES string of the molecule is O=S(=O)(N[C@H]1CO[C@H]2[C@@H]1OC[C@@H]2n1cc(-c2ccccc2)nn1)c1cccs1. The molecule has 2 aliphatic heterocycles. The minimum atomic E-state index is -3.58. The maximum atomic E-state index is 12.5. The fraction of sp³-hybridized carbons (Fsp3) is 0.333. The monoisotopic (exact) mass is 418 g/mol. The first-order valence-electron chi connectivity index (χ1n) is 8.88. The number of thiophene rings is 1. The van der Waals surface area contributed by atoms with E-state index in [1.165, 1.54) is 11.3 Å². The first-order valence-corrected chi connectivity index (χ1v) is 11.2. The molecular weight excluding hydrogens is 400 g/mol. The third kappa shape index (κ3) is 3.16. The van der Waals surface area contributed by atoms with E-state index in [0.717, 1.165) is 11.3 Å². The largest absolute Gasteiger partial charge is 0.371 e. The standard InChI is InChI=1S/C18H18N4O4S2/c23-28(24,16-7-4-8-27-16)20-14-10-25-18-15(11-26-17(14)18)22-9-13(19-21-22)12-5-2-1-3-6-12/h1-9,14-15,17-18,20H,10-11H2/t14-,15-,17+,18+/m0/s1. The predicted molar refractivity (Wildman–Crippen MR) is 102 cm³/mol. The van der Waals surface area contributed by atoms with Gasteiger partial charge in [0.25, 0.3) is 0 Å². The molecule has 2 aromatic heterocycles. The summed E-state index contributed by atoms with van der Waals surface area (Å²) in [4.78, 5) is 0. The van der Waals surface area contributed by atoms with Crippen LogP contribution in [-0.2, 0) is 19.5 Å². The molecule has 1 aromatic carbocycles. The van der Waals surface area contributed by atoms with E-state index in [-0.39, 0.29) is 29.1 Å². The van der Waals surface area contributed by atoms with Gasteiger partial charge in [-0.15, -0.1) is 16.4 Å². The summed E-state index contributed by atoms with van der Waals surface area (Å²) in [6.07, 6.45) is 1.24. The number of rotatable bonds is 5. The van der Waals surface area contributed by atoms with Crippen LogP contribution in [0.5, 0.6) is 0 Å². The molecule has 8 nitrogen and oxygen atoms in total. The number of ether oxygens (including phenoxy) is 2. The van der Waals surface area contributed by atoms with Crippen molar-refractivity contribution in [1.29, 1.82) is 0 Å². The highest BCUT2D eigenvalue weighted by molar-refractivity contribution is 7.91. The Kier molecular flexibility index (Phi) is 4.52. The lowest BCUT2D eigenvalue weighted by Crippen LogP contribution is -2.43. The molecule has 2 aliphatic rings. The van der Waals surface area contributed by atoms with Crippen molar-refractivity contribution in [3.8, 4) is 11.3 Å². The van der Waals surface area contributed by atoms with Gasteiger partial charge in [0.2, 0.25) is 10.0 Å². The predicted octanol–water partition coefficient (Wildman–Crippen LogP) is 1.69. The van der Waals surface area contributed by atoms with Crippen LogP contribution >= 0.6 is 11.3 Å². The Bertz CT molecular complexity index is 1050. The third-order valence-electron chi connectivity index (χ3n) is 5.01. The van der Waals surface area contributed by atoms with Gasteiger partial charge in [0.1, 0.15) is 28.2 Å². The van der Waals surface area contributed by atoms with Gasteiger partial charge in [-0.2, -0.15) is 0 Å². The highest BCUT2D eigenvalue weighted by Crippen LogP contribution is 2.35. The molecule has 3 aromatic rings. The van der Waals surface area contributed by atoms with Gasteiger partial charge >= 0.3 is 0 Å². The quantitative estimate of drug-likeness (QED) is 0.678. The molecule has 1 N–H and O–H groups in total. The number of sulfonamides is 1. The maximum absolute atomic E-state index is 12.5. The lowest BCUT2D eigenvalue weighted by molar-refractivity contribution is 0.0624. The van der Waals surface area contributed by atoms with Gasteiger partial charge in [-0.1, -0.05) is 41.6 Å². The number of fused-ring (bicyclic) bond motifs is 1. The summed E-state index contributed by atoms with van der Waals surface area (Å²) in [6.45, 7) is 0.654. The van der Waals surface area contributed by atoms with E-state index in [1.807, 2.05) is 36.5 Å². The van der Waals surface area contributed by atoms with E-state index in [9.17, 15) is 8.42 Å². The molecule has 0 radical (unpaired) electrons. The Balaban J connectivity index is 1.32. The van der Waals surface area contributed by atoms with Crippen LogP contribution in [0.1, 0.15) is 6.04 Å². The molecule has 28 heavy (non-hydrogen) atoms. The average molecular weight is 419 g/mol.